The average Bonchev–Trinajstić information content (AvgIpc) is 2.60. The molecule has 6 nitrogen and oxygen atoms in total. The number of hydrogen-bond donors (Lipinski definition) is 1. The van der Waals surface area contributed by atoms with Crippen LogP contribution >= 0.6 is 0 Å². The average molecular weight is 368 g/mol. The van der Waals surface area contributed by atoms with E-state index in [9.17, 15) is 13.2 Å². The lowest BCUT2D eigenvalue weighted by Gasteiger charge is -2.31. The molecule has 1 aliphatic heterocycles. The first kappa shape index (κ1) is 19.9. The maximum absolute atomic E-state index is 13.0. The number of nitrogens with zero attached hydrogens (tertiary/aromatic N) is 1. The van der Waals surface area contributed by atoms with Gasteiger partial charge in [-0.2, -0.15) is 4.31 Å². The molecule has 0 unspecified atom stereocenters. The van der Waals surface area contributed by atoms with Gasteiger partial charge in [-0.3, -0.25) is 0 Å². The molecule has 0 atom stereocenters. The molecule has 0 amide bonds. The number of rotatable bonds is 7. The molecule has 1 aliphatic rings. The van der Waals surface area contributed by atoms with Crippen molar-refractivity contribution >= 4 is 16.0 Å². The largest absolute Gasteiger partial charge is 0.462 e. The Morgan fingerprint density at radius 2 is 1.96 bits per heavy atom. The maximum Gasteiger partial charge on any atom is 0.338 e. The monoisotopic (exact) mass is 368 g/mol. The molecule has 1 N–H and O–H groups in total. The molecule has 1 heterocycles. The van der Waals surface area contributed by atoms with Gasteiger partial charge in [0.1, 0.15) is 0 Å². The Hall–Kier alpha value is -1.44. The van der Waals surface area contributed by atoms with E-state index in [0.717, 1.165) is 25.9 Å². The van der Waals surface area contributed by atoms with Crippen LogP contribution in [0.15, 0.2) is 23.1 Å². The molecule has 1 aromatic carbocycles. The van der Waals surface area contributed by atoms with Crippen LogP contribution < -0.4 is 5.32 Å². The third kappa shape index (κ3) is 4.80. The number of ether oxygens (including phenoxy) is 1. The minimum absolute atomic E-state index is 0.197. The van der Waals surface area contributed by atoms with Crippen molar-refractivity contribution in [3.63, 3.8) is 0 Å². The third-order valence-corrected chi connectivity index (χ3v) is 6.61. The highest BCUT2D eigenvalue weighted by Gasteiger charge is 2.30. The van der Waals surface area contributed by atoms with Crippen molar-refractivity contribution in [1.82, 2.24) is 9.62 Å². The molecule has 2 rings (SSSR count). The zero-order chi connectivity index (χ0) is 18.4. The Labute approximate surface area is 150 Å². The predicted octanol–water partition coefficient (Wildman–Crippen LogP) is 2.18. The summed E-state index contributed by atoms with van der Waals surface area (Å²) in [6.45, 7) is 8.69. The van der Waals surface area contributed by atoms with Gasteiger partial charge in [-0.05, 0) is 63.4 Å². The topological polar surface area (TPSA) is 75.7 Å². The van der Waals surface area contributed by atoms with E-state index in [0.29, 0.717) is 24.6 Å². The molecule has 0 spiro atoms. The van der Waals surface area contributed by atoms with Crippen LogP contribution in [0.4, 0.5) is 0 Å². The van der Waals surface area contributed by atoms with Crippen molar-refractivity contribution in [2.45, 2.75) is 38.5 Å². The van der Waals surface area contributed by atoms with Gasteiger partial charge in [0.05, 0.1) is 17.1 Å². The number of piperidine rings is 1. The van der Waals surface area contributed by atoms with Crippen LogP contribution in [-0.4, -0.2) is 51.5 Å². The van der Waals surface area contributed by atoms with Crippen LogP contribution in [0.3, 0.4) is 0 Å². The van der Waals surface area contributed by atoms with E-state index in [1.165, 1.54) is 10.4 Å². The highest BCUT2D eigenvalue weighted by atomic mass is 32.2. The second-order valence-electron chi connectivity index (χ2n) is 6.36. The Balaban J connectivity index is 2.17. The predicted molar refractivity (Wildman–Crippen MR) is 97.2 cm³/mol. The lowest BCUT2D eigenvalue weighted by molar-refractivity contribution is 0.0526. The van der Waals surface area contributed by atoms with E-state index in [2.05, 4.69) is 12.2 Å². The number of carbonyl (C=O) groups excluding carboxylic acids is 1. The van der Waals surface area contributed by atoms with E-state index in [4.69, 9.17) is 4.74 Å². The quantitative estimate of drug-likeness (QED) is 0.747. The zero-order valence-corrected chi connectivity index (χ0v) is 16.1. The second kappa shape index (κ2) is 8.78. The number of carbonyl (C=O) groups is 1. The standard InChI is InChI=1S/C18H28N2O4S/c1-4-19-13-15-8-10-20(11-9-15)25(22,23)17-12-16(7-6-14(17)3)18(21)24-5-2/h6-7,12,15,19H,4-5,8-11,13H2,1-3H3. The molecule has 0 aliphatic carbocycles. The van der Waals surface area contributed by atoms with Gasteiger partial charge in [-0.1, -0.05) is 13.0 Å². The first-order valence-corrected chi connectivity index (χ1v) is 10.3. The Bertz CT molecular complexity index is 695. The van der Waals surface area contributed by atoms with E-state index < -0.39 is 16.0 Å². The first-order chi connectivity index (χ1) is 11.9. The molecule has 140 valence electrons. The summed E-state index contributed by atoms with van der Waals surface area (Å²) in [5.41, 5.74) is 0.913. The number of sulfonamides is 1. The minimum Gasteiger partial charge on any atom is -0.462 e. The van der Waals surface area contributed by atoms with Gasteiger partial charge in [0.25, 0.3) is 0 Å². The lowest BCUT2D eigenvalue weighted by Crippen LogP contribution is -2.41. The Morgan fingerprint density at radius 3 is 2.56 bits per heavy atom. The number of nitrogens with one attached hydrogen (secondary N) is 1. The summed E-state index contributed by atoms with van der Waals surface area (Å²) in [6, 6.07) is 4.71. The highest BCUT2D eigenvalue weighted by Crippen LogP contribution is 2.26. The van der Waals surface area contributed by atoms with Gasteiger partial charge in [0.2, 0.25) is 10.0 Å². The van der Waals surface area contributed by atoms with Gasteiger partial charge in [-0.15, -0.1) is 0 Å². The van der Waals surface area contributed by atoms with Crippen molar-refractivity contribution in [3.8, 4) is 0 Å². The van der Waals surface area contributed by atoms with Crippen molar-refractivity contribution in [3.05, 3.63) is 29.3 Å². The molecule has 0 saturated carbocycles. The molecule has 25 heavy (non-hydrogen) atoms. The maximum atomic E-state index is 13.0. The SMILES string of the molecule is CCNCC1CCN(S(=O)(=O)c2cc(C(=O)OCC)ccc2C)CC1. The number of esters is 1. The fourth-order valence-electron chi connectivity index (χ4n) is 3.06. The number of aryl methyl sites for hydroxylation is 1. The van der Waals surface area contributed by atoms with Gasteiger partial charge in [0.15, 0.2) is 0 Å². The van der Waals surface area contributed by atoms with E-state index in [-0.39, 0.29) is 17.1 Å². The van der Waals surface area contributed by atoms with Crippen LogP contribution in [0.2, 0.25) is 0 Å². The summed E-state index contributed by atoms with van der Waals surface area (Å²) in [5, 5.41) is 3.32. The van der Waals surface area contributed by atoms with Gasteiger partial charge in [0, 0.05) is 13.1 Å². The highest BCUT2D eigenvalue weighted by molar-refractivity contribution is 7.89. The fraction of sp³-hybridized carbons (Fsp3) is 0.611. The lowest BCUT2D eigenvalue weighted by atomic mass is 9.98. The summed E-state index contributed by atoms with van der Waals surface area (Å²) in [4.78, 5) is 12.1. The van der Waals surface area contributed by atoms with E-state index in [1.54, 1.807) is 26.0 Å². The van der Waals surface area contributed by atoms with Crippen LogP contribution in [0, 0.1) is 12.8 Å². The van der Waals surface area contributed by atoms with Crippen LogP contribution in [0.25, 0.3) is 0 Å². The normalized spacial score (nSPS) is 16.8. The van der Waals surface area contributed by atoms with Crippen molar-refractivity contribution in [2.75, 3.05) is 32.8 Å². The molecule has 1 aromatic rings. The number of benzene rings is 1. The van der Waals surface area contributed by atoms with Crippen LogP contribution in [0.5, 0.6) is 0 Å². The molecule has 7 heteroatoms. The number of hydrogen-bond acceptors (Lipinski definition) is 5. The van der Waals surface area contributed by atoms with E-state index in [1.807, 2.05) is 0 Å². The smallest absolute Gasteiger partial charge is 0.338 e. The summed E-state index contributed by atoms with van der Waals surface area (Å²) < 4.78 is 32.6. The van der Waals surface area contributed by atoms with Gasteiger partial charge >= 0.3 is 5.97 Å². The van der Waals surface area contributed by atoms with Gasteiger partial charge in [-0.25, -0.2) is 13.2 Å². The van der Waals surface area contributed by atoms with Crippen molar-refractivity contribution in [1.29, 1.82) is 0 Å². The summed E-state index contributed by atoms with van der Waals surface area (Å²) in [6.07, 6.45) is 1.70. The zero-order valence-electron chi connectivity index (χ0n) is 15.2. The Morgan fingerprint density at radius 1 is 1.28 bits per heavy atom. The van der Waals surface area contributed by atoms with Crippen LogP contribution in [-0.2, 0) is 14.8 Å². The first-order valence-electron chi connectivity index (χ1n) is 8.88. The Kier molecular flexibility index (Phi) is 6.98. The molecule has 0 bridgehead atoms. The molecule has 1 saturated heterocycles. The molecular formula is C18H28N2O4S. The summed E-state index contributed by atoms with van der Waals surface area (Å²) in [5.74, 6) is 0.0154. The molecule has 0 aromatic heterocycles. The van der Waals surface area contributed by atoms with E-state index >= 15 is 0 Å². The summed E-state index contributed by atoms with van der Waals surface area (Å²) in [7, 11) is -3.60. The van der Waals surface area contributed by atoms with Crippen LogP contribution in [0.1, 0.15) is 42.6 Å². The molecule has 1 fully saturated rings. The summed E-state index contributed by atoms with van der Waals surface area (Å²) >= 11 is 0. The molecular weight excluding hydrogens is 340 g/mol. The minimum atomic E-state index is -3.60. The molecule has 0 radical (unpaired) electrons. The van der Waals surface area contributed by atoms with Crippen molar-refractivity contribution < 1.29 is 17.9 Å². The van der Waals surface area contributed by atoms with Crippen molar-refractivity contribution in [2.24, 2.45) is 5.92 Å². The second-order valence-corrected chi connectivity index (χ2v) is 8.26. The third-order valence-electron chi connectivity index (χ3n) is 4.57. The fourth-order valence-corrected chi connectivity index (χ4v) is 4.78. The van der Waals surface area contributed by atoms with Gasteiger partial charge < -0.3 is 10.1 Å².